The molecule has 0 saturated carbocycles. The molecule has 8 heteroatoms. The summed E-state index contributed by atoms with van der Waals surface area (Å²) in [5.41, 5.74) is 0.661. The molecule has 1 N–H and O–H groups in total. The molecule has 0 fully saturated rings. The van der Waals surface area contributed by atoms with Gasteiger partial charge in [-0.2, -0.15) is 0 Å². The first-order valence-corrected chi connectivity index (χ1v) is 10.7. The zero-order valence-electron chi connectivity index (χ0n) is 18.9. The number of rotatable bonds is 6. The van der Waals surface area contributed by atoms with E-state index in [0.29, 0.717) is 16.9 Å². The van der Waals surface area contributed by atoms with Crippen LogP contribution in [0.1, 0.15) is 33.2 Å². The Bertz CT molecular complexity index is 1520. The lowest BCUT2D eigenvalue weighted by Gasteiger charge is -2.11. The second kappa shape index (κ2) is 9.72. The van der Waals surface area contributed by atoms with E-state index >= 15 is 0 Å². The summed E-state index contributed by atoms with van der Waals surface area (Å²) in [5.74, 6) is -2.60. The summed E-state index contributed by atoms with van der Waals surface area (Å²) in [6, 6.07) is 17.0. The van der Waals surface area contributed by atoms with Crippen molar-refractivity contribution in [2.45, 2.75) is 13.8 Å². The molecule has 176 valence electrons. The number of hydrogen-bond acceptors (Lipinski definition) is 6. The number of para-hydroxylation sites is 1. The third kappa shape index (κ3) is 4.86. The van der Waals surface area contributed by atoms with Gasteiger partial charge in [0.1, 0.15) is 17.1 Å². The number of amides is 1. The monoisotopic (exact) mass is 473 g/mol. The molecular formula is C27H20FNO6. The van der Waals surface area contributed by atoms with Crippen molar-refractivity contribution in [1.82, 2.24) is 0 Å². The van der Waals surface area contributed by atoms with Gasteiger partial charge >= 0.3 is 5.97 Å². The van der Waals surface area contributed by atoms with Crippen LogP contribution >= 0.6 is 0 Å². The topological polar surface area (TPSA) is 103 Å². The van der Waals surface area contributed by atoms with Crippen LogP contribution in [0.15, 0.2) is 75.9 Å². The molecule has 35 heavy (non-hydrogen) atoms. The number of anilines is 1. The van der Waals surface area contributed by atoms with Crippen LogP contribution in [-0.4, -0.2) is 24.3 Å². The highest BCUT2D eigenvalue weighted by Gasteiger charge is 2.21. The molecular weight excluding hydrogens is 453 g/mol. The number of Topliss-reactive ketones (excluding diaryl/α,β-unsaturated/α-hetero) is 1. The summed E-state index contributed by atoms with van der Waals surface area (Å²) in [4.78, 5) is 49.3. The summed E-state index contributed by atoms with van der Waals surface area (Å²) in [7, 11) is 0. The third-order valence-electron chi connectivity index (χ3n) is 5.33. The maximum Gasteiger partial charge on any atom is 0.342 e. The Morgan fingerprint density at radius 1 is 0.971 bits per heavy atom. The molecule has 0 saturated heterocycles. The number of benzene rings is 3. The van der Waals surface area contributed by atoms with Crippen LogP contribution in [0.4, 0.5) is 10.1 Å². The standard InChI is InChI=1S/C27H20FNO6/c1-15-24(32)20-9-6-10-21(26(20)35-25(15)17-7-4-3-5-8-17)27(33)34-14-23(31)19-12-11-18(13-22(19)28)29-16(2)30/h3-13H,14H2,1-2H3,(H,29,30). The van der Waals surface area contributed by atoms with Gasteiger partial charge < -0.3 is 14.5 Å². The minimum Gasteiger partial charge on any atom is -0.455 e. The van der Waals surface area contributed by atoms with Crippen LogP contribution in [0.5, 0.6) is 0 Å². The first-order chi connectivity index (χ1) is 16.8. The van der Waals surface area contributed by atoms with Gasteiger partial charge in [-0.15, -0.1) is 0 Å². The lowest BCUT2D eigenvalue weighted by molar-refractivity contribution is -0.114. The molecule has 4 aromatic rings. The van der Waals surface area contributed by atoms with Crippen molar-refractivity contribution in [3.8, 4) is 11.3 Å². The maximum absolute atomic E-state index is 14.3. The van der Waals surface area contributed by atoms with Crippen LogP contribution in [-0.2, 0) is 9.53 Å². The maximum atomic E-state index is 14.3. The van der Waals surface area contributed by atoms with E-state index in [4.69, 9.17) is 9.15 Å². The van der Waals surface area contributed by atoms with Gasteiger partial charge in [0.15, 0.2) is 17.6 Å². The van der Waals surface area contributed by atoms with Gasteiger partial charge in [-0.05, 0) is 37.3 Å². The highest BCUT2D eigenvalue weighted by Crippen LogP contribution is 2.27. The van der Waals surface area contributed by atoms with Crippen molar-refractivity contribution in [1.29, 1.82) is 0 Å². The van der Waals surface area contributed by atoms with Crippen molar-refractivity contribution >= 4 is 34.3 Å². The fourth-order valence-electron chi connectivity index (χ4n) is 3.64. The average Bonchev–Trinajstić information content (AvgIpc) is 2.84. The summed E-state index contributed by atoms with van der Waals surface area (Å²) in [5, 5.41) is 2.61. The first kappa shape index (κ1) is 23.6. The van der Waals surface area contributed by atoms with Crippen molar-refractivity contribution in [2.24, 2.45) is 0 Å². The van der Waals surface area contributed by atoms with Gasteiger partial charge in [-0.25, -0.2) is 9.18 Å². The van der Waals surface area contributed by atoms with E-state index in [-0.39, 0.29) is 39.1 Å². The second-order valence-corrected chi connectivity index (χ2v) is 7.81. The quantitative estimate of drug-likeness (QED) is 0.315. The van der Waals surface area contributed by atoms with Crippen molar-refractivity contribution in [3.63, 3.8) is 0 Å². The van der Waals surface area contributed by atoms with Crippen LogP contribution in [0.3, 0.4) is 0 Å². The number of ether oxygens (including phenoxy) is 1. The van der Waals surface area contributed by atoms with Gasteiger partial charge in [0, 0.05) is 23.7 Å². The number of halogens is 1. The van der Waals surface area contributed by atoms with Gasteiger partial charge in [0.25, 0.3) is 0 Å². The number of carbonyl (C=O) groups is 3. The van der Waals surface area contributed by atoms with Gasteiger partial charge in [0.05, 0.1) is 10.9 Å². The van der Waals surface area contributed by atoms with E-state index in [2.05, 4.69) is 5.32 Å². The summed E-state index contributed by atoms with van der Waals surface area (Å²) in [6.07, 6.45) is 0. The number of fused-ring (bicyclic) bond motifs is 1. The molecule has 0 atom stereocenters. The molecule has 0 radical (unpaired) electrons. The smallest absolute Gasteiger partial charge is 0.342 e. The Balaban J connectivity index is 1.61. The molecule has 1 amide bonds. The largest absolute Gasteiger partial charge is 0.455 e. The Morgan fingerprint density at radius 2 is 1.71 bits per heavy atom. The predicted molar refractivity (Wildman–Crippen MR) is 128 cm³/mol. The minimum absolute atomic E-state index is 0.0326. The van der Waals surface area contributed by atoms with Crippen molar-refractivity contribution < 1.29 is 27.9 Å². The summed E-state index contributed by atoms with van der Waals surface area (Å²) >= 11 is 0. The van der Waals surface area contributed by atoms with E-state index in [1.807, 2.05) is 6.07 Å². The first-order valence-electron chi connectivity index (χ1n) is 10.7. The van der Waals surface area contributed by atoms with Crippen LogP contribution in [0, 0.1) is 12.7 Å². The molecule has 1 aromatic heterocycles. The minimum atomic E-state index is -0.898. The molecule has 1 heterocycles. The number of ketones is 1. The van der Waals surface area contributed by atoms with Crippen LogP contribution < -0.4 is 10.7 Å². The molecule has 0 aliphatic carbocycles. The molecule has 0 spiro atoms. The average molecular weight is 473 g/mol. The number of esters is 1. The van der Waals surface area contributed by atoms with E-state index in [0.717, 1.165) is 6.07 Å². The zero-order valence-corrected chi connectivity index (χ0v) is 18.9. The Hall–Kier alpha value is -4.59. The molecule has 0 aliphatic rings. The molecule has 4 rings (SSSR count). The fourth-order valence-corrected chi connectivity index (χ4v) is 3.64. The molecule has 0 bridgehead atoms. The number of nitrogens with one attached hydrogen (secondary N) is 1. The Labute approximate surface area is 199 Å². The highest BCUT2D eigenvalue weighted by molar-refractivity contribution is 6.04. The molecule has 3 aromatic carbocycles. The normalized spacial score (nSPS) is 10.7. The van der Waals surface area contributed by atoms with E-state index in [1.165, 1.54) is 37.3 Å². The fraction of sp³-hybridized carbons (Fsp3) is 0.111. The number of hydrogen-bond donors (Lipinski definition) is 1. The molecule has 0 aliphatic heterocycles. The van der Waals surface area contributed by atoms with Gasteiger partial charge in [0.2, 0.25) is 11.7 Å². The number of carbonyl (C=O) groups excluding carboxylic acids is 3. The van der Waals surface area contributed by atoms with E-state index in [9.17, 15) is 23.6 Å². The zero-order chi connectivity index (χ0) is 25.1. The predicted octanol–water partition coefficient (Wildman–Crippen LogP) is 4.91. The third-order valence-corrected chi connectivity index (χ3v) is 5.33. The second-order valence-electron chi connectivity index (χ2n) is 7.81. The van der Waals surface area contributed by atoms with Gasteiger partial charge in [-0.1, -0.05) is 36.4 Å². The van der Waals surface area contributed by atoms with Crippen LogP contribution in [0.25, 0.3) is 22.3 Å². The SMILES string of the molecule is CC(=O)Nc1ccc(C(=O)COC(=O)c2cccc3c(=O)c(C)c(-c4ccccc4)oc23)c(F)c1. The van der Waals surface area contributed by atoms with E-state index in [1.54, 1.807) is 31.2 Å². The summed E-state index contributed by atoms with van der Waals surface area (Å²) in [6.45, 7) is 2.19. The van der Waals surface area contributed by atoms with Crippen molar-refractivity contribution in [2.75, 3.05) is 11.9 Å². The Kier molecular flexibility index (Phi) is 6.55. The summed E-state index contributed by atoms with van der Waals surface area (Å²) < 4.78 is 25.5. The lowest BCUT2D eigenvalue weighted by atomic mass is 10.0. The molecule has 0 unspecified atom stereocenters. The Morgan fingerprint density at radius 3 is 2.40 bits per heavy atom. The highest BCUT2D eigenvalue weighted by atomic mass is 19.1. The van der Waals surface area contributed by atoms with E-state index < -0.39 is 24.2 Å². The van der Waals surface area contributed by atoms with Crippen LogP contribution in [0.2, 0.25) is 0 Å². The lowest BCUT2D eigenvalue weighted by Crippen LogP contribution is -2.17. The molecule has 7 nitrogen and oxygen atoms in total. The van der Waals surface area contributed by atoms with Gasteiger partial charge in [-0.3, -0.25) is 14.4 Å². The van der Waals surface area contributed by atoms with Crippen molar-refractivity contribution in [3.05, 3.63) is 99.5 Å².